The summed E-state index contributed by atoms with van der Waals surface area (Å²) in [5.74, 6) is -0.762. The monoisotopic (exact) mass is 392 g/mol. The summed E-state index contributed by atoms with van der Waals surface area (Å²) in [5, 5.41) is 0. The number of aryl methyl sites for hydroxylation is 1. The lowest BCUT2D eigenvalue weighted by Gasteiger charge is -2.10. The second kappa shape index (κ2) is 4.70. The molecule has 0 unspecified atom stereocenters. The summed E-state index contributed by atoms with van der Waals surface area (Å²) < 4.78 is 64.2. The number of nitrogens with zero attached hydrogens (tertiary/aromatic N) is 2. The van der Waals surface area contributed by atoms with Gasteiger partial charge in [-0.1, -0.05) is 11.3 Å². The predicted molar refractivity (Wildman–Crippen MR) is 68.2 cm³/mol. The minimum absolute atomic E-state index is 0.156. The van der Waals surface area contributed by atoms with E-state index in [-0.39, 0.29) is 14.3 Å². The molecule has 2 aromatic rings. The van der Waals surface area contributed by atoms with E-state index >= 15 is 0 Å². The summed E-state index contributed by atoms with van der Waals surface area (Å²) in [5.41, 5.74) is -6.47. The smallest absolute Gasteiger partial charge is 0.373 e. The molecule has 0 aliphatic heterocycles. The van der Waals surface area contributed by atoms with Gasteiger partial charge in [0.1, 0.15) is 10.3 Å². The molecule has 0 atom stereocenters. The van der Waals surface area contributed by atoms with Crippen molar-refractivity contribution in [1.82, 2.24) is 9.55 Å². The molecule has 0 radical (unpaired) electrons. The van der Waals surface area contributed by atoms with Crippen LogP contribution in [0.4, 0.5) is 13.2 Å². The highest BCUT2D eigenvalue weighted by atomic mass is 79.9. The van der Waals surface area contributed by atoms with E-state index in [1.54, 1.807) is 0 Å². The van der Waals surface area contributed by atoms with E-state index in [2.05, 4.69) is 25.1 Å². The molecule has 12 heteroatoms. The summed E-state index contributed by atoms with van der Waals surface area (Å²) in [6, 6.07) is 0.637. The van der Waals surface area contributed by atoms with Crippen LogP contribution in [-0.2, 0) is 17.2 Å². The minimum atomic E-state index is -5.86. The quantitative estimate of drug-likeness (QED) is 0.576. The van der Waals surface area contributed by atoms with Crippen molar-refractivity contribution in [2.24, 2.45) is 7.05 Å². The Bertz CT molecular complexity index is 840. The normalized spacial score (nSPS) is 12.8. The highest BCUT2D eigenvalue weighted by Gasteiger charge is 2.49. The fourth-order valence-corrected chi connectivity index (χ4v) is 3.14. The summed E-state index contributed by atoms with van der Waals surface area (Å²) in [6.45, 7) is 0. The molecule has 0 amide bonds. The Morgan fingerprint density at radius 2 is 2.05 bits per heavy atom. The molecule has 0 aromatic carbocycles. The van der Waals surface area contributed by atoms with Gasteiger partial charge in [0.05, 0.1) is 0 Å². The summed E-state index contributed by atoms with van der Waals surface area (Å²) in [6.07, 6.45) is 0. The van der Waals surface area contributed by atoms with Crippen molar-refractivity contribution in [2.45, 2.75) is 5.51 Å². The molecule has 0 fully saturated rings. The van der Waals surface area contributed by atoms with Gasteiger partial charge in [0.2, 0.25) is 0 Å². The molecule has 2 rings (SSSR count). The van der Waals surface area contributed by atoms with Crippen LogP contribution in [0.3, 0.4) is 0 Å². The number of pyridine rings is 1. The highest BCUT2D eigenvalue weighted by molar-refractivity contribution is 9.11. The molecule has 2 heterocycles. The maximum atomic E-state index is 12.3. The van der Waals surface area contributed by atoms with Crippen LogP contribution in [0, 0.1) is 0 Å². The average Bonchev–Trinajstić information content (AvgIpc) is 2.66. The zero-order valence-corrected chi connectivity index (χ0v) is 12.7. The Morgan fingerprint density at radius 3 is 2.60 bits per heavy atom. The summed E-state index contributed by atoms with van der Waals surface area (Å²) >= 11 is 3.95. The van der Waals surface area contributed by atoms with Crippen LogP contribution >= 0.6 is 27.3 Å². The molecule has 0 spiro atoms. The van der Waals surface area contributed by atoms with Gasteiger partial charge in [0.25, 0.3) is 5.56 Å². The van der Waals surface area contributed by atoms with Crippen LogP contribution in [0.5, 0.6) is 5.75 Å². The van der Waals surface area contributed by atoms with E-state index in [1.807, 2.05) is 0 Å². The van der Waals surface area contributed by atoms with E-state index < -0.39 is 26.9 Å². The predicted octanol–water partition coefficient (Wildman–Crippen LogP) is 1.99. The molecule has 2 aromatic heterocycles. The van der Waals surface area contributed by atoms with E-state index in [0.717, 1.165) is 15.9 Å². The first-order chi connectivity index (χ1) is 9.03. The van der Waals surface area contributed by atoms with E-state index in [0.29, 0.717) is 6.07 Å². The SMILES string of the molecule is Cn1c(=O)cc(OS(=O)(=O)C(F)(F)F)c2nc(Br)sc21. The second-order valence-electron chi connectivity index (χ2n) is 3.51. The summed E-state index contributed by atoms with van der Waals surface area (Å²) in [7, 11) is -4.49. The average molecular weight is 393 g/mol. The molecule has 0 bridgehead atoms. The first-order valence-electron chi connectivity index (χ1n) is 4.70. The zero-order valence-electron chi connectivity index (χ0n) is 9.43. The number of halogens is 4. The molecule has 0 aliphatic carbocycles. The molecule has 20 heavy (non-hydrogen) atoms. The molecule has 0 saturated heterocycles. The fourth-order valence-electron chi connectivity index (χ4n) is 1.28. The lowest BCUT2D eigenvalue weighted by atomic mass is 10.4. The van der Waals surface area contributed by atoms with Crippen molar-refractivity contribution in [2.75, 3.05) is 0 Å². The van der Waals surface area contributed by atoms with Gasteiger partial charge in [-0.15, -0.1) is 0 Å². The van der Waals surface area contributed by atoms with Gasteiger partial charge < -0.3 is 8.75 Å². The molecule has 110 valence electrons. The minimum Gasteiger partial charge on any atom is -0.373 e. The van der Waals surface area contributed by atoms with Crippen molar-refractivity contribution in [3.8, 4) is 5.75 Å². The van der Waals surface area contributed by atoms with Crippen molar-refractivity contribution >= 4 is 47.7 Å². The van der Waals surface area contributed by atoms with Crippen LogP contribution in [0.25, 0.3) is 10.3 Å². The van der Waals surface area contributed by atoms with E-state index in [4.69, 9.17) is 0 Å². The van der Waals surface area contributed by atoms with Crippen molar-refractivity contribution in [3.63, 3.8) is 0 Å². The van der Waals surface area contributed by atoms with Crippen molar-refractivity contribution < 1.29 is 25.8 Å². The number of fused-ring (bicyclic) bond motifs is 1. The lowest BCUT2D eigenvalue weighted by Crippen LogP contribution is -2.29. The maximum absolute atomic E-state index is 12.3. The van der Waals surface area contributed by atoms with Gasteiger partial charge in [-0.25, -0.2) is 4.98 Å². The van der Waals surface area contributed by atoms with E-state index in [1.165, 1.54) is 7.05 Å². The molecule has 6 nitrogen and oxygen atoms in total. The fraction of sp³-hybridized carbons (Fsp3) is 0.250. The van der Waals surface area contributed by atoms with Gasteiger partial charge in [-0.05, 0) is 15.9 Å². The topological polar surface area (TPSA) is 78.3 Å². The van der Waals surface area contributed by atoms with Gasteiger partial charge in [0, 0.05) is 13.1 Å². The van der Waals surface area contributed by atoms with Gasteiger partial charge in [-0.3, -0.25) is 4.79 Å². The van der Waals surface area contributed by atoms with Gasteiger partial charge >= 0.3 is 15.6 Å². The third-order valence-corrected chi connectivity index (χ3v) is 4.74. The molecule has 0 aliphatic rings. The molecule has 0 saturated carbocycles. The third kappa shape index (κ3) is 2.54. The largest absolute Gasteiger partial charge is 0.534 e. The zero-order chi connectivity index (χ0) is 15.3. The molecular formula is C8H4BrF3N2O4S2. The first kappa shape index (κ1) is 15.3. The Kier molecular flexibility index (Phi) is 3.59. The number of thiazole rings is 1. The summed E-state index contributed by atoms with van der Waals surface area (Å²) in [4.78, 5) is 15.5. The van der Waals surface area contributed by atoms with Crippen LogP contribution in [0.15, 0.2) is 14.8 Å². The Balaban J connectivity index is 2.68. The van der Waals surface area contributed by atoms with Crippen LogP contribution in [0.1, 0.15) is 0 Å². The number of hydrogen-bond donors (Lipinski definition) is 0. The van der Waals surface area contributed by atoms with Gasteiger partial charge in [-0.2, -0.15) is 21.6 Å². The second-order valence-corrected chi connectivity index (χ2v) is 7.30. The number of alkyl halides is 3. The number of hydrogen-bond acceptors (Lipinski definition) is 6. The number of rotatable bonds is 2. The number of aromatic nitrogens is 2. The Morgan fingerprint density at radius 1 is 1.45 bits per heavy atom. The van der Waals surface area contributed by atoms with Gasteiger partial charge in [0.15, 0.2) is 9.67 Å². The van der Waals surface area contributed by atoms with Crippen LogP contribution in [0.2, 0.25) is 0 Å². The molecular weight excluding hydrogens is 389 g/mol. The standard InChI is InChI=1S/C8H4BrF3N2O4S2/c1-14-4(15)2-3(5-6(14)19-7(9)13-5)18-20(16,17)8(10,11)12/h2H,1H3. The van der Waals surface area contributed by atoms with Crippen molar-refractivity contribution in [3.05, 3.63) is 20.3 Å². The van der Waals surface area contributed by atoms with Crippen LogP contribution in [-0.4, -0.2) is 23.5 Å². The first-order valence-corrected chi connectivity index (χ1v) is 7.71. The third-order valence-electron chi connectivity index (χ3n) is 2.19. The highest BCUT2D eigenvalue weighted by Crippen LogP contribution is 2.33. The van der Waals surface area contributed by atoms with Crippen LogP contribution < -0.4 is 9.74 Å². The van der Waals surface area contributed by atoms with E-state index in [9.17, 15) is 26.4 Å². The van der Waals surface area contributed by atoms with Crippen molar-refractivity contribution in [1.29, 1.82) is 0 Å². The Labute approximate surface area is 122 Å². The Hall–Kier alpha value is -1.14. The lowest BCUT2D eigenvalue weighted by molar-refractivity contribution is -0.0499. The maximum Gasteiger partial charge on any atom is 0.534 e. The molecule has 0 N–H and O–H groups in total.